The maximum absolute atomic E-state index is 12.4. The molecule has 0 fully saturated rings. The Bertz CT molecular complexity index is 606. The normalized spacial score (nSPS) is 14.4. The fourth-order valence-corrected chi connectivity index (χ4v) is 2.76. The summed E-state index contributed by atoms with van der Waals surface area (Å²) >= 11 is 0. The zero-order chi connectivity index (χ0) is 21.1. The third kappa shape index (κ3) is 8.35. The lowest BCUT2D eigenvalue weighted by atomic mass is 10.0. The molecule has 3 atom stereocenters. The first kappa shape index (κ1) is 24.0. The van der Waals surface area contributed by atoms with Gasteiger partial charge in [-0.2, -0.15) is 5.48 Å². The molecule has 0 saturated heterocycles. The predicted molar refractivity (Wildman–Crippen MR) is 110 cm³/mol. The highest BCUT2D eigenvalue weighted by Crippen LogP contribution is 2.07. The molecule has 8 nitrogen and oxygen atoms in total. The Morgan fingerprint density at radius 1 is 1.14 bits per heavy atom. The van der Waals surface area contributed by atoms with E-state index >= 15 is 0 Å². The minimum Gasteiger partial charge on any atom is -0.355 e. The van der Waals surface area contributed by atoms with Crippen molar-refractivity contribution in [2.45, 2.75) is 52.2 Å². The van der Waals surface area contributed by atoms with Crippen LogP contribution in [0.2, 0.25) is 0 Å². The fourth-order valence-electron chi connectivity index (χ4n) is 2.76. The molecule has 1 aromatic rings. The van der Waals surface area contributed by atoms with Crippen LogP contribution in [-0.2, 0) is 20.8 Å². The molecule has 0 aromatic heterocycles. The van der Waals surface area contributed by atoms with Crippen LogP contribution in [-0.4, -0.2) is 50.1 Å². The maximum Gasteiger partial charge on any atom is 0.242 e. The average Bonchev–Trinajstić information content (AvgIpc) is 2.65. The van der Waals surface area contributed by atoms with Gasteiger partial charge >= 0.3 is 0 Å². The van der Waals surface area contributed by atoms with Gasteiger partial charge in [-0.3, -0.25) is 9.59 Å². The van der Waals surface area contributed by atoms with Crippen molar-refractivity contribution < 1.29 is 19.9 Å². The third-order valence-corrected chi connectivity index (χ3v) is 4.41. The molecule has 0 aliphatic rings. The highest BCUT2D eigenvalue weighted by molar-refractivity contribution is 5.89. The summed E-state index contributed by atoms with van der Waals surface area (Å²) in [5.74, 6) is -0.371. The van der Waals surface area contributed by atoms with E-state index < -0.39 is 12.1 Å². The molecular formula is C20H36N5O3+. The van der Waals surface area contributed by atoms with Crippen molar-refractivity contribution in [2.24, 2.45) is 11.7 Å². The Labute approximate surface area is 167 Å². The number of rotatable bonds is 12. The number of hydrogen-bond acceptors (Lipinski definition) is 5. The van der Waals surface area contributed by atoms with Crippen molar-refractivity contribution in [2.75, 3.05) is 20.2 Å². The molecule has 0 heterocycles. The van der Waals surface area contributed by atoms with Gasteiger partial charge in [-0.25, -0.2) is 4.84 Å². The molecule has 1 aromatic carbocycles. The van der Waals surface area contributed by atoms with E-state index in [2.05, 4.69) is 16.0 Å². The van der Waals surface area contributed by atoms with Crippen molar-refractivity contribution in [1.29, 1.82) is 0 Å². The second-order valence-electron chi connectivity index (χ2n) is 7.31. The van der Waals surface area contributed by atoms with E-state index in [1.165, 1.54) is 0 Å². The molecule has 0 spiro atoms. The van der Waals surface area contributed by atoms with Gasteiger partial charge in [0.25, 0.3) is 0 Å². The van der Waals surface area contributed by atoms with Crippen molar-refractivity contribution >= 4 is 17.5 Å². The highest BCUT2D eigenvalue weighted by Gasteiger charge is 2.25. The summed E-state index contributed by atoms with van der Waals surface area (Å²) in [5, 5.41) is 8.73. The lowest BCUT2D eigenvalue weighted by molar-refractivity contribution is -0.830. The molecular weight excluding hydrogens is 358 g/mol. The SMILES string of the molecule is CCNC(=O)C(NC(=O)C(C)NC[C@@H](N)Cc1ccc([NH2+]OC)cc1)C(C)C. The van der Waals surface area contributed by atoms with Gasteiger partial charge in [0.1, 0.15) is 6.04 Å². The van der Waals surface area contributed by atoms with Crippen LogP contribution in [0.1, 0.15) is 33.3 Å². The molecule has 8 heteroatoms. The molecule has 7 N–H and O–H groups in total. The van der Waals surface area contributed by atoms with Crippen LogP contribution < -0.4 is 27.2 Å². The standard InChI is InChI=1S/C20H35N5O3/c1-6-22-20(27)18(13(2)3)24-19(26)14(4)23-12-16(21)11-15-7-9-17(10-8-15)25-28-5/h7-10,13-14,16,18,23,25H,6,11-12,21H2,1-5H3,(H,22,27)(H,24,26)/p+1/t14?,16-,18?/m0/s1. The molecule has 28 heavy (non-hydrogen) atoms. The minimum absolute atomic E-state index is 0.00304. The molecule has 2 amide bonds. The maximum atomic E-state index is 12.4. The number of nitrogens with two attached hydrogens (primary N) is 2. The van der Waals surface area contributed by atoms with E-state index in [1.807, 2.05) is 45.0 Å². The number of benzene rings is 1. The predicted octanol–water partition coefficient (Wildman–Crippen LogP) is -0.432. The Morgan fingerprint density at radius 3 is 2.32 bits per heavy atom. The number of nitrogens with one attached hydrogen (secondary N) is 3. The Kier molecular flexibility index (Phi) is 10.7. The van der Waals surface area contributed by atoms with Gasteiger partial charge in [-0.1, -0.05) is 26.0 Å². The Morgan fingerprint density at radius 2 is 1.79 bits per heavy atom. The molecule has 0 bridgehead atoms. The molecule has 0 radical (unpaired) electrons. The third-order valence-electron chi connectivity index (χ3n) is 4.41. The Balaban J connectivity index is 2.47. The lowest BCUT2D eigenvalue weighted by Crippen LogP contribution is -2.75. The molecule has 158 valence electrons. The van der Waals surface area contributed by atoms with E-state index in [-0.39, 0.29) is 23.8 Å². The van der Waals surface area contributed by atoms with E-state index in [9.17, 15) is 9.59 Å². The van der Waals surface area contributed by atoms with Crippen LogP contribution in [0.3, 0.4) is 0 Å². The number of quaternary nitrogens is 1. The minimum atomic E-state index is -0.548. The summed E-state index contributed by atoms with van der Waals surface area (Å²) in [4.78, 5) is 29.5. The van der Waals surface area contributed by atoms with Crippen LogP contribution >= 0.6 is 0 Å². The first-order valence-electron chi connectivity index (χ1n) is 9.80. The quantitative estimate of drug-likeness (QED) is 0.243. The van der Waals surface area contributed by atoms with Gasteiger partial charge in [0, 0.05) is 31.3 Å². The monoisotopic (exact) mass is 394 g/mol. The lowest BCUT2D eigenvalue weighted by Gasteiger charge is -2.24. The van der Waals surface area contributed by atoms with Gasteiger partial charge in [0.2, 0.25) is 11.8 Å². The number of carbonyl (C=O) groups excluding carboxylic acids is 2. The van der Waals surface area contributed by atoms with Crippen LogP contribution in [0, 0.1) is 5.92 Å². The van der Waals surface area contributed by atoms with E-state index in [0.717, 1.165) is 11.3 Å². The molecule has 2 unspecified atom stereocenters. The van der Waals surface area contributed by atoms with Gasteiger partial charge in [-0.15, -0.1) is 0 Å². The van der Waals surface area contributed by atoms with Crippen LogP contribution in [0.4, 0.5) is 5.69 Å². The smallest absolute Gasteiger partial charge is 0.242 e. The van der Waals surface area contributed by atoms with Crippen molar-refractivity contribution in [3.63, 3.8) is 0 Å². The summed E-state index contributed by atoms with van der Waals surface area (Å²) in [7, 11) is 1.62. The second-order valence-corrected chi connectivity index (χ2v) is 7.31. The summed E-state index contributed by atoms with van der Waals surface area (Å²) in [6.45, 7) is 8.46. The fraction of sp³-hybridized carbons (Fsp3) is 0.600. The molecule has 1 rings (SSSR count). The zero-order valence-electron chi connectivity index (χ0n) is 17.6. The number of hydrogen-bond donors (Lipinski definition) is 5. The number of carbonyl (C=O) groups is 2. The molecule has 0 aliphatic heterocycles. The van der Waals surface area contributed by atoms with Gasteiger partial charge < -0.3 is 21.7 Å². The summed E-state index contributed by atoms with van der Waals surface area (Å²) in [5.41, 5.74) is 9.99. The van der Waals surface area contributed by atoms with E-state index in [1.54, 1.807) is 19.5 Å². The van der Waals surface area contributed by atoms with Crippen LogP contribution in [0.5, 0.6) is 0 Å². The van der Waals surface area contributed by atoms with Gasteiger partial charge in [-0.05, 0) is 31.7 Å². The summed E-state index contributed by atoms with van der Waals surface area (Å²) in [6.07, 6.45) is 0.697. The number of amides is 2. The average molecular weight is 395 g/mol. The summed E-state index contributed by atoms with van der Waals surface area (Å²) < 4.78 is 0. The number of likely N-dealkylation sites (N-methyl/N-ethyl adjacent to an activating group) is 1. The Hall–Kier alpha value is -2.00. The van der Waals surface area contributed by atoms with Gasteiger partial charge in [0.05, 0.1) is 13.2 Å². The van der Waals surface area contributed by atoms with Crippen LogP contribution in [0.25, 0.3) is 0 Å². The zero-order valence-corrected chi connectivity index (χ0v) is 17.6. The van der Waals surface area contributed by atoms with Crippen LogP contribution in [0.15, 0.2) is 24.3 Å². The first-order chi connectivity index (χ1) is 13.3. The van der Waals surface area contributed by atoms with Gasteiger partial charge in [0.15, 0.2) is 5.69 Å². The topological polar surface area (TPSA) is 122 Å². The summed E-state index contributed by atoms with van der Waals surface area (Å²) in [6, 6.07) is 6.86. The largest absolute Gasteiger partial charge is 0.355 e. The van der Waals surface area contributed by atoms with E-state index in [0.29, 0.717) is 19.5 Å². The van der Waals surface area contributed by atoms with E-state index in [4.69, 9.17) is 10.6 Å². The highest BCUT2D eigenvalue weighted by atomic mass is 16.6. The molecule has 0 saturated carbocycles. The van der Waals surface area contributed by atoms with Crippen molar-refractivity contribution in [3.8, 4) is 0 Å². The first-order valence-corrected chi connectivity index (χ1v) is 9.80. The van der Waals surface area contributed by atoms with Crippen molar-refractivity contribution in [3.05, 3.63) is 29.8 Å². The second kappa shape index (κ2) is 12.5. The molecule has 0 aliphatic carbocycles. The van der Waals surface area contributed by atoms with Crippen molar-refractivity contribution in [1.82, 2.24) is 16.0 Å².